The van der Waals surface area contributed by atoms with Crippen LogP contribution in [0.15, 0.2) is 375 Å². The average Bonchev–Trinajstić information content (AvgIpc) is 0.760. The number of aliphatic hydroxyl groups is 5. The maximum absolute atomic E-state index is 13.7. The quantitative estimate of drug-likeness (QED) is 0.0349. The zero-order valence-corrected chi connectivity index (χ0v) is 94.5. The molecule has 6 radical (unpaired) electrons. The van der Waals surface area contributed by atoms with E-state index >= 15 is 0 Å². The van der Waals surface area contributed by atoms with Gasteiger partial charge in [-0.15, -0.1) is 178 Å². The Balaban J connectivity index is 0.000000560. The van der Waals surface area contributed by atoms with E-state index in [9.17, 15) is 67.9 Å². The predicted molar refractivity (Wildman–Crippen MR) is 536 cm³/mol. The molecule has 148 heavy (non-hydrogen) atoms. The summed E-state index contributed by atoms with van der Waals surface area (Å²) in [5, 5.41) is 51.7. The molecule has 0 saturated carbocycles. The van der Waals surface area contributed by atoms with Gasteiger partial charge in [-0.2, -0.15) is 13.2 Å². The van der Waals surface area contributed by atoms with Gasteiger partial charge >= 0.3 is 6.18 Å². The Kier molecular flexibility index (Phi) is 58.6. The second-order valence-corrected chi connectivity index (χ2v) is 30.6. The number of fused-ring (bicyclic) bond motifs is 6. The minimum Gasteiger partial charge on any atom is -0.512 e. The third kappa shape index (κ3) is 43.4. The van der Waals surface area contributed by atoms with Gasteiger partial charge in [-0.05, 0) is 190 Å². The van der Waals surface area contributed by atoms with Gasteiger partial charge in [0.1, 0.15) is 17.5 Å². The summed E-state index contributed by atoms with van der Waals surface area (Å²) in [7, 11) is 0. The fraction of sp³-hybridized carbons (Fsp3) is 0.0948. The van der Waals surface area contributed by atoms with E-state index < -0.39 is 29.2 Å². The number of aliphatic hydroxyl groups excluding tert-OH is 5. The summed E-state index contributed by atoms with van der Waals surface area (Å²) < 4.78 is 131. The third-order valence-electron chi connectivity index (χ3n) is 18.8. The van der Waals surface area contributed by atoms with Crippen LogP contribution in [0.2, 0.25) is 0 Å². The summed E-state index contributed by atoms with van der Waals surface area (Å²) in [4.78, 5) is 75.4. The van der Waals surface area contributed by atoms with Gasteiger partial charge in [-0.1, -0.05) is 133 Å². The molecule has 32 heteroatoms. The molecule has 12 aromatic carbocycles. The van der Waals surface area contributed by atoms with Gasteiger partial charge < -0.3 is 55.4 Å². The van der Waals surface area contributed by atoms with Crippen molar-refractivity contribution in [1.82, 2.24) is 29.9 Å². The summed E-state index contributed by atoms with van der Waals surface area (Å²) in [5.74, 6) is -3.41. The molecule has 16 nitrogen and oxygen atoms in total. The molecule has 776 valence electrons. The Hall–Kier alpha value is -13.7. The largest absolute Gasteiger partial charge is 0.512 e. The molecule has 0 aliphatic heterocycles. The van der Waals surface area contributed by atoms with Crippen LogP contribution in [0.4, 0.5) is 43.9 Å². The number of carbonyl (C=O) groups excluding carboxylic acids is 5. The number of nitrogens with zero attached hydrogens (tertiary/aromatic N) is 6. The van der Waals surface area contributed by atoms with Crippen LogP contribution < -0.4 is 0 Å². The summed E-state index contributed by atoms with van der Waals surface area (Å²) >= 11 is 0. The van der Waals surface area contributed by atoms with Gasteiger partial charge in [0.2, 0.25) is 0 Å². The van der Waals surface area contributed by atoms with Crippen molar-refractivity contribution in [2.75, 3.05) is 0 Å². The molecular weight excluding hydrogens is 2980 g/mol. The maximum atomic E-state index is 13.7. The summed E-state index contributed by atoms with van der Waals surface area (Å²) in [6.07, 6.45) is 10.5. The molecule has 0 saturated heterocycles. The second kappa shape index (κ2) is 66.5. The van der Waals surface area contributed by atoms with Gasteiger partial charge in [-0.3, -0.25) is 32.8 Å². The van der Waals surface area contributed by atoms with Crippen LogP contribution in [-0.2, 0) is 151 Å². The fourth-order valence-corrected chi connectivity index (χ4v) is 13.2. The normalized spacial score (nSPS) is 10.6. The number of carbonyl (C=O) groups is 5. The fourth-order valence-electron chi connectivity index (χ4n) is 13.2. The van der Waals surface area contributed by atoms with E-state index in [-0.39, 0.29) is 207 Å². The predicted octanol–water partition coefficient (Wildman–Crippen LogP) is 29.4. The molecule has 0 aliphatic rings. The van der Waals surface area contributed by atoms with Crippen molar-refractivity contribution in [2.45, 2.75) is 75.4 Å². The van der Waals surface area contributed by atoms with Crippen molar-refractivity contribution in [3.8, 4) is 67.5 Å². The van der Waals surface area contributed by atoms with Gasteiger partial charge in [0, 0.05) is 228 Å². The first-order valence-electron chi connectivity index (χ1n) is 43.0. The van der Waals surface area contributed by atoms with Crippen LogP contribution in [-0.4, -0.2) is 84.4 Å². The summed E-state index contributed by atoms with van der Waals surface area (Å²) in [6, 6.07) is 96.6. The van der Waals surface area contributed by atoms with E-state index in [2.05, 4.69) is 78.4 Å². The molecule has 0 amide bonds. The molecule has 0 atom stereocenters. The SMILES string of the molecule is CC(=O)C=C(C)O.CC(=O)C=C(C)O.CC(=O)C=C(C)O.CC(=O)C=C(C)O.CC(=O)C=C(C)O.FC(F)(F)c1ccc(-c2[c-]ccc3ccccc23)nc1.Fc1[c-]c(-c2nccc3c(F)cccc23)cc(F)c1.Fc1c[c-]c(-c2nccc3c(F)cccc23)cc1.Fc1c[c-]c(-c2nccc3ccccc23)cc1.Fc1cccc2c(-c3[c-]cccc3)nccc12.[Ir].[Ir].[Ir].[Ir].[Ir].[Ir].[c-]1ccccc1-c1nccc2ccccc12. The molecular formula is C116H92F10Ir6N6O10-6. The number of hydrogen-bond donors (Lipinski definition) is 5. The molecule has 0 aliphatic carbocycles. The molecule has 18 aromatic rings. The van der Waals surface area contributed by atoms with E-state index in [4.69, 9.17) is 25.5 Å². The van der Waals surface area contributed by atoms with Crippen LogP contribution in [0, 0.1) is 77.1 Å². The number of hydrogen-bond acceptors (Lipinski definition) is 16. The minimum atomic E-state index is -4.37. The van der Waals surface area contributed by atoms with Crippen molar-refractivity contribution in [2.24, 2.45) is 0 Å². The maximum Gasteiger partial charge on any atom is 0.417 e. The average molecular weight is 3070 g/mol. The molecule has 0 fully saturated rings. The number of halogens is 10. The van der Waals surface area contributed by atoms with E-state index in [1.54, 1.807) is 67.0 Å². The molecule has 0 unspecified atom stereocenters. The van der Waals surface area contributed by atoms with Gasteiger partial charge in [0.05, 0.1) is 34.4 Å². The second-order valence-electron chi connectivity index (χ2n) is 30.6. The van der Waals surface area contributed by atoms with Crippen LogP contribution >= 0.6 is 0 Å². The Labute approximate surface area is 930 Å². The number of aromatic nitrogens is 6. The van der Waals surface area contributed by atoms with Crippen molar-refractivity contribution in [1.29, 1.82) is 0 Å². The summed E-state index contributed by atoms with van der Waals surface area (Å²) in [6.45, 7) is 14.2. The number of ketones is 5. The van der Waals surface area contributed by atoms with E-state index in [1.807, 2.05) is 140 Å². The van der Waals surface area contributed by atoms with Crippen LogP contribution in [0.5, 0.6) is 0 Å². The van der Waals surface area contributed by atoms with Gasteiger partial charge in [-0.25, -0.2) is 22.0 Å². The Morgan fingerprint density at radius 2 is 0.588 bits per heavy atom. The monoisotopic (exact) mass is 3080 g/mol. The van der Waals surface area contributed by atoms with E-state index in [0.29, 0.717) is 55.1 Å². The Bertz CT molecular complexity index is 7330. The van der Waals surface area contributed by atoms with Crippen molar-refractivity contribution in [3.63, 3.8) is 0 Å². The van der Waals surface area contributed by atoms with Crippen LogP contribution in [0.3, 0.4) is 0 Å². The Morgan fingerprint density at radius 3 is 0.885 bits per heavy atom. The van der Waals surface area contributed by atoms with Gasteiger partial charge in [0.25, 0.3) is 0 Å². The van der Waals surface area contributed by atoms with Crippen LogP contribution in [0.1, 0.15) is 74.8 Å². The molecule has 0 spiro atoms. The molecule has 6 heterocycles. The van der Waals surface area contributed by atoms with Crippen LogP contribution in [0.25, 0.3) is 132 Å². The number of allylic oxidation sites excluding steroid dienone is 10. The van der Waals surface area contributed by atoms with Crippen molar-refractivity contribution >= 4 is 93.6 Å². The topological polar surface area (TPSA) is 264 Å². The van der Waals surface area contributed by atoms with Crippen molar-refractivity contribution in [3.05, 3.63) is 458 Å². The minimum absolute atomic E-state index is 0. The Morgan fingerprint density at radius 1 is 0.277 bits per heavy atom. The van der Waals surface area contributed by atoms with E-state index in [0.717, 1.165) is 85.1 Å². The first-order valence-corrected chi connectivity index (χ1v) is 43.0. The molecule has 6 aromatic heterocycles. The van der Waals surface area contributed by atoms with Crippen molar-refractivity contribution < 1.29 is 214 Å². The number of rotatable bonds is 11. The first kappa shape index (κ1) is 130. The first-order chi connectivity index (χ1) is 67.7. The molecule has 18 rings (SSSR count). The zero-order chi connectivity index (χ0) is 104. The zero-order valence-electron chi connectivity index (χ0n) is 80.1. The number of alkyl halides is 3. The third-order valence-corrected chi connectivity index (χ3v) is 18.8. The number of pyridine rings is 6. The van der Waals surface area contributed by atoms with Gasteiger partial charge in [0.15, 0.2) is 28.9 Å². The molecule has 0 bridgehead atoms. The summed E-state index contributed by atoms with van der Waals surface area (Å²) in [5.41, 5.74) is 7.48. The number of benzene rings is 12. The standard InChI is InChI=1S/C16H9F3N.C15H7F3N.C15H8F2N.2C15H9FN.C15H10N.5C5H8O2.6Ir/c17-16(18,19)12-8-9-15(20-10-12)14-7-3-5-11-4-1-2-6-13(11)14;16-10-6-9(7-11(17)8-10)15-13-2-1-3-14(18)12(13)4-5-19-15;16-11-6-4-10(5-7-11)15-13-2-1-3-14(17)12(13)8-9-18-15;16-14-8-4-7-13-12(14)9-10-17-15(13)11-5-2-1-3-6-11;16-13-7-5-12(6-8-13)15-14-4-2-1-3-11(14)9-10-17-15;1-2-7-13(8-3-1)15-14-9-5-4-6-12(14)10-11-16-15;5*1-4(6)3-5(2)7;;;;;;/h1-6,8-10H;1-6,8H;1-4,6-9H;2*1-5,7-10H;1-7,9-11H;5*3,6H,1-2H3;;;;;;/q6*-1;;;;;;;;;;;. The molecule has 5 N–H and O–H groups in total. The van der Waals surface area contributed by atoms with E-state index in [1.165, 1.54) is 183 Å². The smallest absolute Gasteiger partial charge is 0.417 e.